The van der Waals surface area contributed by atoms with Crippen LogP contribution in [-0.4, -0.2) is 67.4 Å². The Balaban J connectivity index is 1.40. The predicted molar refractivity (Wildman–Crippen MR) is 121 cm³/mol. The molecule has 2 aromatic carbocycles. The standard InChI is InChI=1S/C25H28N2O6/c1-15-11-27(12-20(15)24(29)30)23(28)22(14-32-2)26-25(31)33-13-21-18-9-5-3-7-16(18)17-8-4-6-10-19(17)21/h3-10,15,20-22H,11-14H2,1-2H3,(H,26,31)(H,29,30)/t15-,20-,22?/m0/s1. The van der Waals surface area contributed by atoms with Crippen molar-refractivity contribution < 1.29 is 29.0 Å². The van der Waals surface area contributed by atoms with Crippen LogP contribution in [0.3, 0.4) is 0 Å². The molecule has 1 heterocycles. The van der Waals surface area contributed by atoms with Gasteiger partial charge in [-0.2, -0.15) is 0 Å². The molecule has 4 rings (SSSR count). The van der Waals surface area contributed by atoms with Crippen molar-refractivity contribution in [1.82, 2.24) is 10.2 Å². The third kappa shape index (κ3) is 4.57. The van der Waals surface area contributed by atoms with Crippen molar-refractivity contribution in [3.63, 3.8) is 0 Å². The molecule has 2 aliphatic rings. The van der Waals surface area contributed by atoms with Crippen molar-refractivity contribution in [2.45, 2.75) is 18.9 Å². The van der Waals surface area contributed by atoms with Gasteiger partial charge in [-0.3, -0.25) is 9.59 Å². The van der Waals surface area contributed by atoms with E-state index in [1.165, 1.54) is 12.0 Å². The summed E-state index contributed by atoms with van der Waals surface area (Å²) in [6.45, 7) is 2.34. The number of alkyl carbamates (subject to hydrolysis) is 1. The summed E-state index contributed by atoms with van der Waals surface area (Å²) in [6.07, 6.45) is -0.714. The van der Waals surface area contributed by atoms with Crippen molar-refractivity contribution in [3.05, 3.63) is 59.7 Å². The van der Waals surface area contributed by atoms with Crippen LogP contribution < -0.4 is 5.32 Å². The molecule has 2 aromatic rings. The van der Waals surface area contributed by atoms with E-state index in [2.05, 4.69) is 17.4 Å². The van der Waals surface area contributed by atoms with E-state index in [9.17, 15) is 19.5 Å². The number of fused-ring (bicyclic) bond motifs is 3. The van der Waals surface area contributed by atoms with Crippen LogP contribution in [0.1, 0.15) is 24.0 Å². The highest BCUT2D eigenvalue weighted by molar-refractivity contribution is 5.87. The molecule has 174 valence electrons. The van der Waals surface area contributed by atoms with Gasteiger partial charge in [0.25, 0.3) is 0 Å². The SMILES string of the molecule is COCC(NC(=O)OCC1c2ccccc2-c2ccccc21)C(=O)N1C[C@H](C(=O)O)[C@@H](C)C1. The summed E-state index contributed by atoms with van der Waals surface area (Å²) in [5.74, 6) is -2.17. The maximum Gasteiger partial charge on any atom is 0.407 e. The van der Waals surface area contributed by atoms with Gasteiger partial charge in [-0.1, -0.05) is 55.5 Å². The number of ether oxygens (including phenoxy) is 2. The minimum absolute atomic E-state index is 0.0361. The number of hydrogen-bond donors (Lipinski definition) is 2. The van der Waals surface area contributed by atoms with Crippen LogP contribution in [0, 0.1) is 11.8 Å². The van der Waals surface area contributed by atoms with Gasteiger partial charge in [0.05, 0.1) is 12.5 Å². The number of carbonyl (C=O) groups excluding carboxylic acids is 2. The Bertz CT molecular complexity index is 1010. The van der Waals surface area contributed by atoms with Gasteiger partial charge >= 0.3 is 12.1 Å². The third-order valence-corrected chi connectivity index (χ3v) is 6.51. The Labute approximate surface area is 192 Å². The van der Waals surface area contributed by atoms with Gasteiger partial charge in [0.15, 0.2) is 0 Å². The van der Waals surface area contributed by atoms with Crippen molar-refractivity contribution in [3.8, 4) is 11.1 Å². The number of nitrogens with one attached hydrogen (secondary N) is 1. The summed E-state index contributed by atoms with van der Waals surface area (Å²) in [4.78, 5) is 38.4. The van der Waals surface area contributed by atoms with Crippen LogP contribution in [0.4, 0.5) is 4.79 Å². The van der Waals surface area contributed by atoms with E-state index in [1.807, 2.05) is 36.4 Å². The van der Waals surface area contributed by atoms with E-state index in [4.69, 9.17) is 9.47 Å². The molecule has 8 nitrogen and oxygen atoms in total. The number of rotatable bonds is 7. The second-order valence-electron chi connectivity index (χ2n) is 8.64. The lowest BCUT2D eigenvalue weighted by Crippen LogP contribution is -2.50. The normalized spacial score (nSPS) is 20.1. The first kappa shape index (κ1) is 22.8. The molecule has 1 unspecified atom stereocenters. The van der Waals surface area contributed by atoms with Crippen molar-refractivity contribution in [1.29, 1.82) is 0 Å². The van der Waals surface area contributed by atoms with Crippen LogP contribution in [0.5, 0.6) is 0 Å². The van der Waals surface area contributed by atoms with Gasteiger partial charge in [-0.25, -0.2) is 4.79 Å². The molecule has 33 heavy (non-hydrogen) atoms. The highest BCUT2D eigenvalue weighted by atomic mass is 16.5. The first-order valence-corrected chi connectivity index (χ1v) is 11.0. The second-order valence-corrected chi connectivity index (χ2v) is 8.64. The van der Waals surface area contributed by atoms with E-state index < -0.39 is 24.0 Å². The lowest BCUT2D eigenvalue weighted by molar-refractivity contribution is -0.142. The van der Waals surface area contributed by atoms with E-state index in [0.29, 0.717) is 6.54 Å². The van der Waals surface area contributed by atoms with E-state index in [0.717, 1.165) is 22.3 Å². The number of amides is 2. The molecular weight excluding hydrogens is 424 g/mol. The molecule has 0 bridgehead atoms. The lowest BCUT2D eigenvalue weighted by atomic mass is 9.98. The number of likely N-dealkylation sites (tertiary alicyclic amines) is 1. The average Bonchev–Trinajstić information content (AvgIpc) is 3.35. The second kappa shape index (κ2) is 9.62. The van der Waals surface area contributed by atoms with Crippen molar-refractivity contribution >= 4 is 18.0 Å². The molecule has 2 N–H and O–H groups in total. The molecule has 1 fully saturated rings. The maximum atomic E-state index is 13.0. The van der Waals surface area contributed by atoms with Crippen molar-refractivity contribution in [2.75, 3.05) is 33.4 Å². The summed E-state index contributed by atoms with van der Waals surface area (Å²) in [5.41, 5.74) is 4.46. The molecule has 1 saturated heterocycles. The summed E-state index contributed by atoms with van der Waals surface area (Å²) in [6, 6.07) is 15.1. The molecule has 1 aliphatic carbocycles. The molecule has 0 saturated carbocycles. The molecule has 0 radical (unpaired) electrons. The van der Waals surface area contributed by atoms with Gasteiger partial charge in [-0.15, -0.1) is 0 Å². The number of methoxy groups -OCH3 is 1. The predicted octanol–water partition coefficient (Wildman–Crippen LogP) is 2.72. The minimum atomic E-state index is -0.953. The quantitative estimate of drug-likeness (QED) is 0.669. The number of benzene rings is 2. The Morgan fingerprint density at radius 1 is 1.06 bits per heavy atom. The summed E-state index contributed by atoms with van der Waals surface area (Å²) >= 11 is 0. The maximum absolute atomic E-state index is 13.0. The third-order valence-electron chi connectivity index (χ3n) is 6.51. The van der Waals surface area contributed by atoms with E-state index >= 15 is 0 Å². The van der Waals surface area contributed by atoms with Gasteiger partial charge in [0.1, 0.15) is 12.6 Å². The highest BCUT2D eigenvalue weighted by Gasteiger charge is 2.39. The number of carbonyl (C=O) groups is 3. The topological polar surface area (TPSA) is 105 Å². The lowest BCUT2D eigenvalue weighted by Gasteiger charge is -2.24. The summed E-state index contributed by atoms with van der Waals surface area (Å²) < 4.78 is 10.7. The molecule has 3 atom stereocenters. The first-order valence-electron chi connectivity index (χ1n) is 11.0. The average molecular weight is 453 g/mol. The molecule has 0 spiro atoms. The fourth-order valence-corrected chi connectivity index (χ4v) is 4.81. The number of carboxylic acids is 1. The largest absolute Gasteiger partial charge is 0.481 e. The zero-order valence-electron chi connectivity index (χ0n) is 18.7. The Hall–Kier alpha value is -3.39. The number of hydrogen-bond acceptors (Lipinski definition) is 5. The number of carboxylic acid groups (broad SMARTS) is 1. The minimum Gasteiger partial charge on any atom is -0.481 e. The van der Waals surface area contributed by atoms with Crippen molar-refractivity contribution in [2.24, 2.45) is 11.8 Å². The fourth-order valence-electron chi connectivity index (χ4n) is 4.81. The van der Waals surface area contributed by atoms with Gasteiger partial charge in [0, 0.05) is 26.1 Å². The van der Waals surface area contributed by atoms with Crippen LogP contribution in [-0.2, 0) is 19.1 Å². The zero-order valence-corrected chi connectivity index (χ0v) is 18.7. The molecule has 8 heteroatoms. The van der Waals surface area contributed by atoms with E-state index in [-0.39, 0.29) is 37.5 Å². The molecule has 0 aromatic heterocycles. The Kier molecular flexibility index (Phi) is 6.65. The number of nitrogens with zero attached hydrogens (tertiary/aromatic N) is 1. The zero-order chi connectivity index (χ0) is 23.5. The van der Waals surface area contributed by atoms with Gasteiger partial charge in [0.2, 0.25) is 5.91 Å². The van der Waals surface area contributed by atoms with Crippen LogP contribution >= 0.6 is 0 Å². The Morgan fingerprint density at radius 3 is 2.21 bits per heavy atom. The van der Waals surface area contributed by atoms with Gasteiger partial charge < -0.3 is 24.8 Å². The summed E-state index contributed by atoms with van der Waals surface area (Å²) in [7, 11) is 1.44. The number of aliphatic carboxylic acids is 1. The van der Waals surface area contributed by atoms with Crippen LogP contribution in [0.15, 0.2) is 48.5 Å². The summed E-state index contributed by atoms with van der Waals surface area (Å²) in [5, 5.41) is 11.9. The van der Waals surface area contributed by atoms with Crippen LogP contribution in [0.25, 0.3) is 11.1 Å². The molecule has 1 aliphatic heterocycles. The van der Waals surface area contributed by atoms with E-state index in [1.54, 1.807) is 6.92 Å². The Morgan fingerprint density at radius 2 is 1.67 bits per heavy atom. The first-order chi connectivity index (χ1) is 15.9. The smallest absolute Gasteiger partial charge is 0.407 e. The molecule has 2 amide bonds. The van der Waals surface area contributed by atoms with Gasteiger partial charge in [-0.05, 0) is 28.2 Å². The monoisotopic (exact) mass is 452 g/mol. The van der Waals surface area contributed by atoms with Crippen LogP contribution in [0.2, 0.25) is 0 Å². The fraction of sp³-hybridized carbons (Fsp3) is 0.400. The highest BCUT2D eigenvalue weighted by Crippen LogP contribution is 2.44. The molecular formula is C25H28N2O6.